The van der Waals surface area contributed by atoms with E-state index in [0.29, 0.717) is 6.61 Å². The maximum atomic E-state index is 10.7. The summed E-state index contributed by atoms with van der Waals surface area (Å²) >= 11 is -1.59. The summed E-state index contributed by atoms with van der Waals surface area (Å²) in [5.74, 6) is 0. The topological polar surface area (TPSA) is 48.4 Å². The second-order valence-electron chi connectivity index (χ2n) is 2.33. The first-order valence-corrected chi connectivity index (χ1v) is 4.49. The molecule has 2 unspecified atom stereocenters. The lowest BCUT2D eigenvalue weighted by Gasteiger charge is -2.02. The number of nitrogens with zero attached hydrogens (tertiary/aromatic N) is 1. The van der Waals surface area contributed by atoms with Gasteiger partial charge in [-0.05, 0) is 12.1 Å². The van der Waals surface area contributed by atoms with Crippen molar-refractivity contribution in [2.24, 2.45) is 0 Å². The van der Waals surface area contributed by atoms with E-state index in [4.69, 9.17) is 8.37 Å². The average molecular weight is 185 g/mol. The maximum absolute atomic E-state index is 10.7. The van der Waals surface area contributed by atoms with E-state index in [1.165, 1.54) is 0 Å². The lowest BCUT2D eigenvalue weighted by Crippen LogP contribution is -2.01. The van der Waals surface area contributed by atoms with Gasteiger partial charge in [0.15, 0.2) is 0 Å². The molecule has 1 aliphatic heterocycles. The first kappa shape index (κ1) is 7.85. The molecule has 1 saturated heterocycles. The number of rotatable bonds is 1. The zero-order valence-corrected chi connectivity index (χ0v) is 6.99. The maximum Gasteiger partial charge on any atom is 0.305 e. The minimum absolute atomic E-state index is 0.285. The quantitative estimate of drug-likeness (QED) is 0.647. The smallest absolute Gasteiger partial charge is 0.265 e. The monoisotopic (exact) mass is 185 g/mol. The fourth-order valence-corrected chi connectivity index (χ4v) is 1.60. The molecule has 1 aliphatic rings. The molecule has 0 saturated carbocycles. The van der Waals surface area contributed by atoms with Crippen LogP contribution in [0.2, 0.25) is 0 Å². The largest absolute Gasteiger partial charge is 0.305 e. The van der Waals surface area contributed by atoms with E-state index in [0.717, 1.165) is 5.69 Å². The molecule has 4 nitrogen and oxygen atoms in total. The van der Waals surface area contributed by atoms with E-state index in [9.17, 15) is 4.21 Å². The van der Waals surface area contributed by atoms with Crippen molar-refractivity contribution >= 4 is 11.4 Å². The first-order chi connectivity index (χ1) is 5.86. The first-order valence-electron chi connectivity index (χ1n) is 3.49. The van der Waals surface area contributed by atoms with Crippen LogP contribution in [0.1, 0.15) is 11.8 Å². The number of hydrogen-bond acceptors (Lipinski definition) is 4. The van der Waals surface area contributed by atoms with Crippen molar-refractivity contribution < 1.29 is 12.6 Å². The summed E-state index contributed by atoms with van der Waals surface area (Å²) in [6.07, 6.45) is 1.38. The van der Waals surface area contributed by atoms with Crippen LogP contribution in [0.25, 0.3) is 0 Å². The van der Waals surface area contributed by atoms with Crippen LogP contribution < -0.4 is 0 Å². The van der Waals surface area contributed by atoms with Gasteiger partial charge in [-0.15, -0.1) is 0 Å². The molecule has 0 aromatic carbocycles. The Labute approximate surface area is 72.4 Å². The van der Waals surface area contributed by atoms with Gasteiger partial charge in [0.2, 0.25) is 0 Å². The van der Waals surface area contributed by atoms with Crippen molar-refractivity contribution in [3.8, 4) is 0 Å². The van der Waals surface area contributed by atoms with Gasteiger partial charge < -0.3 is 0 Å². The summed E-state index contributed by atoms with van der Waals surface area (Å²) in [6.45, 7) is 0.309. The van der Waals surface area contributed by atoms with Gasteiger partial charge in [-0.1, -0.05) is 6.07 Å². The average Bonchev–Trinajstić information content (AvgIpc) is 2.54. The van der Waals surface area contributed by atoms with Crippen LogP contribution in [0.15, 0.2) is 24.4 Å². The fraction of sp³-hybridized carbons (Fsp3) is 0.286. The van der Waals surface area contributed by atoms with Crippen molar-refractivity contribution in [1.29, 1.82) is 0 Å². The van der Waals surface area contributed by atoms with Crippen LogP contribution in [-0.2, 0) is 19.7 Å². The molecule has 5 heteroatoms. The molecule has 0 aliphatic carbocycles. The van der Waals surface area contributed by atoms with Crippen LogP contribution >= 0.6 is 0 Å². The number of aromatic nitrogens is 1. The standard InChI is InChI=1S/C7H7NO3S/c9-12-10-5-7(11-12)6-3-1-2-4-8-6/h1-4,7H,5H2. The van der Waals surface area contributed by atoms with Crippen molar-refractivity contribution in [2.75, 3.05) is 6.61 Å². The Hall–Kier alpha value is -0.780. The summed E-state index contributed by atoms with van der Waals surface area (Å²) in [5, 5.41) is 0. The molecule has 1 fully saturated rings. The van der Waals surface area contributed by atoms with E-state index in [1.54, 1.807) is 6.20 Å². The lowest BCUT2D eigenvalue weighted by atomic mass is 10.2. The summed E-state index contributed by atoms with van der Waals surface area (Å²) < 4.78 is 20.3. The third kappa shape index (κ3) is 1.52. The summed E-state index contributed by atoms with van der Waals surface area (Å²) in [4.78, 5) is 4.06. The van der Waals surface area contributed by atoms with Gasteiger partial charge in [0.05, 0.1) is 12.3 Å². The van der Waals surface area contributed by atoms with E-state index in [1.807, 2.05) is 18.2 Å². The Bertz CT molecular complexity index is 290. The van der Waals surface area contributed by atoms with Gasteiger partial charge in [0.1, 0.15) is 6.10 Å². The normalized spacial score (nSPS) is 29.0. The van der Waals surface area contributed by atoms with Crippen molar-refractivity contribution in [3.63, 3.8) is 0 Å². The summed E-state index contributed by atoms with van der Waals surface area (Å²) in [6, 6.07) is 5.49. The molecule has 1 aromatic heterocycles. The molecule has 0 N–H and O–H groups in total. The molecule has 2 heterocycles. The van der Waals surface area contributed by atoms with E-state index in [-0.39, 0.29) is 6.10 Å². The van der Waals surface area contributed by atoms with Crippen LogP contribution in [0, 0.1) is 0 Å². The Morgan fingerprint density at radius 2 is 2.50 bits per heavy atom. The summed E-state index contributed by atoms with van der Waals surface area (Å²) in [7, 11) is 0. The van der Waals surface area contributed by atoms with Crippen molar-refractivity contribution in [1.82, 2.24) is 4.98 Å². The third-order valence-corrected chi connectivity index (χ3v) is 2.25. The zero-order chi connectivity index (χ0) is 8.39. The van der Waals surface area contributed by atoms with Gasteiger partial charge in [0, 0.05) is 6.20 Å². The Balaban J connectivity index is 2.16. The highest BCUT2D eigenvalue weighted by Crippen LogP contribution is 2.22. The van der Waals surface area contributed by atoms with Gasteiger partial charge in [-0.2, -0.15) is 4.21 Å². The zero-order valence-electron chi connectivity index (χ0n) is 6.17. The van der Waals surface area contributed by atoms with Gasteiger partial charge in [-0.25, -0.2) is 0 Å². The second-order valence-corrected chi connectivity index (χ2v) is 3.16. The molecule has 0 amide bonds. The van der Waals surface area contributed by atoms with Crippen molar-refractivity contribution in [2.45, 2.75) is 6.10 Å². The molecule has 2 rings (SSSR count). The molecule has 0 radical (unpaired) electrons. The predicted octanol–water partition coefficient (Wildman–Crippen LogP) is 0.748. The highest BCUT2D eigenvalue weighted by molar-refractivity contribution is 7.75. The molecule has 0 spiro atoms. The van der Waals surface area contributed by atoms with Crippen LogP contribution in [0.5, 0.6) is 0 Å². The third-order valence-electron chi connectivity index (χ3n) is 1.53. The van der Waals surface area contributed by atoms with E-state index < -0.39 is 11.4 Å². The highest BCUT2D eigenvalue weighted by Gasteiger charge is 2.25. The van der Waals surface area contributed by atoms with Gasteiger partial charge >= 0.3 is 11.4 Å². The summed E-state index contributed by atoms with van der Waals surface area (Å²) in [5.41, 5.74) is 0.753. The fourth-order valence-electron chi connectivity index (χ4n) is 0.969. The highest BCUT2D eigenvalue weighted by atomic mass is 32.2. The molecule has 1 aromatic rings. The lowest BCUT2D eigenvalue weighted by molar-refractivity contribution is 0.240. The van der Waals surface area contributed by atoms with Crippen LogP contribution in [-0.4, -0.2) is 15.8 Å². The molecule has 64 valence electrons. The Kier molecular flexibility index (Phi) is 2.16. The van der Waals surface area contributed by atoms with E-state index >= 15 is 0 Å². The minimum Gasteiger partial charge on any atom is -0.265 e. The molecule has 0 bridgehead atoms. The Morgan fingerprint density at radius 3 is 3.08 bits per heavy atom. The van der Waals surface area contributed by atoms with Crippen LogP contribution in [0.4, 0.5) is 0 Å². The molecule has 12 heavy (non-hydrogen) atoms. The Morgan fingerprint density at radius 1 is 1.58 bits per heavy atom. The molecular weight excluding hydrogens is 178 g/mol. The molecular formula is C7H7NO3S. The minimum atomic E-state index is -1.59. The SMILES string of the molecule is O=S1OCC(c2ccccn2)O1. The van der Waals surface area contributed by atoms with Gasteiger partial charge in [0.25, 0.3) is 0 Å². The predicted molar refractivity (Wildman–Crippen MR) is 42.2 cm³/mol. The second kappa shape index (κ2) is 3.30. The van der Waals surface area contributed by atoms with E-state index in [2.05, 4.69) is 4.98 Å². The van der Waals surface area contributed by atoms with Crippen LogP contribution in [0.3, 0.4) is 0 Å². The van der Waals surface area contributed by atoms with Crippen molar-refractivity contribution in [3.05, 3.63) is 30.1 Å². The number of pyridine rings is 1. The van der Waals surface area contributed by atoms with Gasteiger partial charge in [-0.3, -0.25) is 13.4 Å². The molecule has 2 atom stereocenters. The number of hydrogen-bond donors (Lipinski definition) is 0.